The zero-order valence-corrected chi connectivity index (χ0v) is 11.5. The smallest absolute Gasteiger partial charge is 0.258 e. The molecule has 1 amide bonds. The van der Waals surface area contributed by atoms with Gasteiger partial charge in [-0.05, 0) is 30.3 Å². The van der Waals surface area contributed by atoms with Gasteiger partial charge in [-0.15, -0.1) is 0 Å². The molecule has 2 rings (SSSR count). The highest BCUT2D eigenvalue weighted by Crippen LogP contribution is 2.28. The normalized spacial score (nSPS) is 10.1. The molecule has 0 aliphatic rings. The molecule has 0 spiro atoms. The van der Waals surface area contributed by atoms with Gasteiger partial charge in [-0.25, -0.2) is 0 Å². The maximum Gasteiger partial charge on any atom is 0.258 e. The topological polar surface area (TPSA) is 81.6 Å². The summed E-state index contributed by atoms with van der Waals surface area (Å²) in [7, 11) is 3.25. The van der Waals surface area contributed by atoms with Crippen molar-refractivity contribution in [1.82, 2.24) is 0 Å². The molecule has 0 aliphatic carbocycles. The van der Waals surface area contributed by atoms with Crippen LogP contribution < -0.4 is 21.1 Å². The molecule has 0 radical (unpaired) electrons. The number of nitrogens with zero attached hydrogens (tertiary/aromatic N) is 1. The molecule has 0 heterocycles. The van der Waals surface area contributed by atoms with Crippen LogP contribution in [0.2, 0.25) is 0 Å². The first-order valence-electron chi connectivity index (χ1n) is 6.10. The van der Waals surface area contributed by atoms with Crippen molar-refractivity contribution < 1.29 is 9.53 Å². The highest BCUT2D eigenvalue weighted by Gasteiger charge is 2.17. The summed E-state index contributed by atoms with van der Waals surface area (Å²) in [6.07, 6.45) is 0. The number of anilines is 3. The SMILES string of the molecule is COc1ccccc1N(C)C(=O)c1cc(N)cc(N)c1. The van der Waals surface area contributed by atoms with Gasteiger partial charge in [-0.2, -0.15) is 0 Å². The lowest BCUT2D eigenvalue weighted by molar-refractivity contribution is 0.0992. The van der Waals surface area contributed by atoms with E-state index < -0.39 is 0 Å². The van der Waals surface area contributed by atoms with Gasteiger partial charge in [-0.1, -0.05) is 12.1 Å². The first-order valence-corrected chi connectivity index (χ1v) is 6.10. The molecular formula is C15H17N3O2. The molecule has 0 aromatic heterocycles. The molecule has 0 atom stereocenters. The Morgan fingerprint density at radius 2 is 1.70 bits per heavy atom. The molecule has 0 fully saturated rings. The van der Waals surface area contributed by atoms with Crippen LogP contribution in [0, 0.1) is 0 Å². The fraction of sp³-hybridized carbons (Fsp3) is 0.133. The second-order valence-electron chi connectivity index (χ2n) is 4.42. The molecule has 2 aromatic carbocycles. The van der Waals surface area contributed by atoms with Crippen LogP contribution in [0.3, 0.4) is 0 Å². The minimum atomic E-state index is -0.200. The van der Waals surface area contributed by atoms with E-state index in [1.54, 1.807) is 38.4 Å². The average molecular weight is 271 g/mol. The number of nitrogen functional groups attached to an aromatic ring is 2. The van der Waals surface area contributed by atoms with Gasteiger partial charge in [0.2, 0.25) is 0 Å². The highest BCUT2D eigenvalue weighted by atomic mass is 16.5. The predicted octanol–water partition coefficient (Wildman–Crippen LogP) is 2.14. The van der Waals surface area contributed by atoms with E-state index in [1.807, 2.05) is 18.2 Å². The van der Waals surface area contributed by atoms with Crippen molar-refractivity contribution >= 4 is 23.0 Å². The lowest BCUT2D eigenvalue weighted by Crippen LogP contribution is -2.26. The van der Waals surface area contributed by atoms with Gasteiger partial charge in [0.05, 0.1) is 12.8 Å². The van der Waals surface area contributed by atoms with Crippen LogP contribution in [0.15, 0.2) is 42.5 Å². The molecule has 5 heteroatoms. The van der Waals surface area contributed by atoms with Gasteiger partial charge >= 0.3 is 0 Å². The van der Waals surface area contributed by atoms with E-state index in [0.29, 0.717) is 28.4 Å². The first kappa shape index (κ1) is 13.7. The van der Waals surface area contributed by atoms with Gasteiger partial charge < -0.3 is 21.1 Å². The van der Waals surface area contributed by atoms with Crippen molar-refractivity contribution in [1.29, 1.82) is 0 Å². The molecule has 0 unspecified atom stereocenters. The standard InChI is InChI=1S/C15H17N3O2/c1-18(13-5-3-4-6-14(13)20-2)15(19)10-7-11(16)9-12(17)8-10/h3-9H,16-17H2,1-2H3. The molecule has 104 valence electrons. The quantitative estimate of drug-likeness (QED) is 0.838. The van der Waals surface area contributed by atoms with Crippen LogP contribution in [0.1, 0.15) is 10.4 Å². The van der Waals surface area contributed by atoms with Crippen molar-refractivity contribution in [3.8, 4) is 5.75 Å². The Morgan fingerprint density at radius 3 is 2.30 bits per heavy atom. The molecule has 0 saturated heterocycles. The third-order valence-corrected chi connectivity index (χ3v) is 2.98. The fourth-order valence-electron chi connectivity index (χ4n) is 2.01. The Balaban J connectivity index is 2.37. The zero-order valence-electron chi connectivity index (χ0n) is 11.5. The van der Waals surface area contributed by atoms with Crippen LogP contribution in [0.25, 0.3) is 0 Å². The number of para-hydroxylation sites is 2. The zero-order chi connectivity index (χ0) is 14.7. The summed E-state index contributed by atoms with van der Waals surface area (Å²) in [5, 5.41) is 0. The summed E-state index contributed by atoms with van der Waals surface area (Å²) in [6, 6.07) is 12.1. The third kappa shape index (κ3) is 2.66. The molecular weight excluding hydrogens is 254 g/mol. The van der Waals surface area contributed by atoms with Gasteiger partial charge in [0.1, 0.15) is 5.75 Å². The maximum absolute atomic E-state index is 12.5. The van der Waals surface area contributed by atoms with Crippen molar-refractivity contribution in [2.75, 3.05) is 30.5 Å². The summed E-state index contributed by atoms with van der Waals surface area (Å²) in [5.41, 5.74) is 13.5. The third-order valence-electron chi connectivity index (χ3n) is 2.98. The second-order valence-corrected chi connectivity index (χ2v) is 4.42. The Labute approximate surface area is 117 Å². The lowest BCUT2D eigenvalue weighted by Gasteiger charge is -2.20. The average Bonchev–Trinajstić information content (AvgIpc) is 2.44. The van der Waals surface area contributed by atoms with Crippen LogP contribution >= 0.6 is 0 Å². The van der Waals surface area contributed by atoms with Gasteiger partial charge in [0.25, 0.3) is 5.91 Å². The number of rotatable bonds is 3. The second kappa shape index (κ2) is 5.52. The van der Waals surface area contributed by atoms with E-state index in [9.17, 15) is 4.79 Å². The van der Waals surface area contributed by atoms with Gasteiger partial charge in [0, 0.05) is 24.0 Å². The first-order chi connectivity index (χ1) is 9.52. The summed E-state index contributed by atoms with van der Waals surface area (Å²) in [4.78, 5) is 14.0. The number of carbonyl (C=O) groups is 1. The summed E-state index contributed by atoms with van der Waals surface area (Å²) < 4.78 is 5.26. The number of ether oxygens (including phenoxy) is 1. The van der Waals surface area contributed by atoms with Crippen LogP contribution in [-0.4, -0.2) is 20.1 Å². The number of hydrogen-bond donors (Lipinski definition) is 2. The summed E-state index contributed by atoms with van der Waals surface area (Å²) in [5.74, 6) is 0.425. The largest absolute Gasteiger partial charge is 0.495 e. The van der Waals surface area contributed by atoms with Gasteiger partial charge in [-0.3, -0.25) is 4.79 Å². The van der Waals surface area contributed by atoms with E-state index >= 15 is 0 Å². The van der Waals surface area contributed by atoms with Crippen LogP contribution in [0.4, 0.5) is 17.1 Å². The Morgan fingerprint density at radius 1 is 1.10 bits per heavy atom. The van der Waals surface area contributed by atoms with Crippen molar-refractivity contribution in [3.05, 3.63) is 48.0 Å². The Bertz CT molecular complexity index is 621. The van der Waals surface area contributed by atoms with E-state index in [0.717, 1.165) is 0 Å². The molecule has 0 saturated carbocycles. The molecule has 2 aromatic rings. The Hall–Kier alpha value is -2.69. The number of benzene rings is 2. The minimum absolute atomic E-state index is 0.200. The van der Waals surface area contributed by atoms with E-state index in [4.69, 9.17) is 16.2 Å². The van der Waals surface area contributed by atoms with Crippen molar-refractivity contribution in [2.24, 2.45) is 0 Å². The molecule has 20 heavy (non-hydrogen) atoms. The van der Waals surface area contributed by atoms with Crippen LogP contribution in [-0.2, 0) is 0 Å². The van der Waals surface area contributed by atoms with Crippen molar-refractivity contribution in [2.45, 2.75) is 0 Å². The van der Waals surface area contributed by atoms with E-state index in [1.165, 1.54) is 4.90 Å². The monoisotopic (exact) mass is 271 g/mol. The summed E-state index contributed by atoms with van der Waals surface area (Å²) >= 11 is 0. The number of carbonyl (C=O) groups excluding carboxylic acids is 1. The van der Waals surface area contributed by atoms with Crippen LogP contribution in [0.5, 0.6) is 5.75 Å². The molecule has 0 aliphatic heterocycles. The van der Waals surface area contributed by atoms with E-state index in [-0.39, 0.29) is 5.91 Å². The summed E-state index contributed by atoms with van der Waals surface area (Å²) in [6.45, 7) is 0. The maximum atomic E-state index is 12.5. The number of methoxy groups -OCH3 is 1. The Kier molecular flexibility index (Phi) is 3.79. The number of hydrogen-bond acceptors (Lipinski definition) is 4. The predicted molar refractivity (Wildman–Crippen MR) is 81.0 cm³/mol. The number of nitrogens with two attached hydrogens (primary N) is 2. The molecule has 4 N–H and O–H groups in total. The lowest BCUT2D eigenvalue weighted by atomic mass is 10.1. The minimum Gasteiger partial charge on any atom is -0.495 e. The fourth-order valence-corrected chi connectivity index (χ4v) is 2.01. The molecule has 0 bridgehead atoms. The van der Waals surface area contributed by atoms with E-state index in [2.05, 4.69) is 0 Å². The van der Waals surface area contributed by atoms with Gasteiger partial charge in [0.15, 0.2) is 0 Å². The van der Waals surface area contributed by atoms with Crippen molar-refractivity contribution in [3.63, 3.8) is 0 Å². The highest BCUT2D eigenvalue weighted by molar-refractivity contribution is 6.07. The molecule has 5 nitrogen and oxygen atoms in total. The number of amides is 1.